The van der Waals surface area contributed by atoms with Crippen molar-refractivity contribution in [2.45, 2.75) is 26.4 Å². The molecule has 1 aromatic rings. The third-order valence-electron chi connectivity index (χ3n) is 2.61. The van der Waals surface area contributed by atoms with Gasteiger partial charge in [-0.15, -0.1) is 0 Å². The van der Waals surface area contributed by atoms with Gasteiger partial charge in [-0.2, -0.15) is 0 Å². The van der Waals surface area contributed by atoms with Gasteiger partial charge in [0.05, 0.1) is 24.6 Å². The van der Waals surface area contributed by atoms with Gasteiger partial charge in [-0.1, -0.05) is 0 Å². The molecular weight excluding hydrogens is 320 g/mol. The standard InChI is InChI=1S/C15H20N2O7/c1-15(2,3)24-14(19)16-7-8-23-12-9-10(17(20)21)5-6-11(12)13(18)22-4/h5-6,9H,7-8H2,1-4H3,(H,16,19). The van der Waals surface area contributed by atoms with E-state index in [-0.39, 0.29) is 30.2 Å². The lowest BCUT2D eigenvalue weighted by atomic mass is 10.2. The molecule has 0 radical (unpaired) electrons. The summed E-state index contributed by atoms with van der Waals surface area (Å²) in [5, 5.41) is 13.3. The Kier molecular flexibility index (Phi) is 6.51. The molecule has 0 fully saturated rings. The molecule has 24 heavy (non-hydrogen) atoms. The first-order valence-electron chi connectivity index (χ1n) is 7.10. The summed E-state index contributed by atoms with van der Waals surface area (Å²) in [7, 11) is 1.19. The van der Waals surface area contributed by atoms with Gasteiger partial charge in [-0.3, -0.25) is 10.1 Å². The van der Waals surface area contributed by atoms with Gasteiger partial charge in [-0.05, 0) is 26.8 Å². The van der Waals surface area contributed by atoms with Crippen LogP contribution in [0.15, 0.2) is 18.2 Å². The van der Waals surface area contributed by atoms with E-state index in [1.165, 1.54) is 19.2 Å². The zero-order chi connectivity index (χ0) is 18.3. The molecule has 0 bridgehead atoms. The first-order chi connectivity index (χ1) is 11.1. The summed E-state index contributed by atoms with van der Waals surface area (Å²) in [5.74, 6) is -0.679. The molecule has 1 rings (SSSR count). The highest BCUT2D eigenvalue weighted by atomic mass is 16.6. The lowest BCUT2D eigenvalue weighted by Crippen LogP contribution is -2.34. The van der Waals surface area contributed by atoms with Crippen molar-refractivity contribution in [3.8, 4) is 5.75 Å². The number of carbonyl (C=O) groups is 2. The fraction of sp³-hybridized carbons (Fsp3) is 0.467. The molecule has 132 valence electrons. The maximum absolute atomic E-state index is 11.7. The summed E-state index contributed by atoms with van der Waals surface area (Å²) in [6, 6.07) is 3.55. The van der Waals surface area contributed by atoms with Crippen molar-refractivity contribution >= 4 is 17.7 Å². The summed E-state index contributed by atoms with van der Waals surface area (Å²) in [6.07, 6.45) is -0.613. The molecule has 0 aliphatic rings. The smallest absolute Gasteiger partial charge is 0.407 e. The van der Waals surface area contributed by atoms with Crippen molar-refractivity contribution in [2.75, 3.05) is 20.3 Å². The van der Waals surface area contributed by atoms with Gasteiger partial charge in [0.1, 0.15) is 23.5 Å². The van der Waals surface area contributed by atoms with Crippen molar-refractivity contribution < 1.29 is 28.7 Å². The summed E-state index contributed by atoms with van der Waals surface area (Å²) in [6.45, 7) is 5.28. The second-order valence-corrected chi connectivity index (χ2v) is 5.71. The highest BCUT2D eigenvalue weighted by molar-refractivity contribution is 5.92. The lowest BCUT2D eigenvalue weighted by molar-refractivity contribution is -0.384. The molecule has 0 aliphatic heterocycles. The number of hydrogen-bond donors (Lipinski definition) is 1. The zero-order valence-electron chi connectivity index (χ0n) is 14.0. The Bertz CT molecular complexity index is 623. The van der Waals surface area contributed by atoms with Gasteiger partial charge in [-0.25, -0.2) is 9.59 Å². The SMILES string of the molecule is COC(=O)c1ccc([N+](=O)[O-])cc1OCCNC(=O)OC(C)(C)C. The molecule has 0 aliphatic carbocycles. The van der Waals surface area contributed by atoms with Crippen LogP contribution >= 0.6 is 0 Å². The van der Waals surface area contributed by atoms with Crippen LogP contribution in [0.3, 0.4) is 0 Å². The van der Waals surface area contributed by atoms with Crippen molar-refractivity contribution in [2.24, 2.45) is 0 Å². The number of alkyl carbamates (subject to hydrolysis) is 1. The third-order valence-corrected chi connectivity index (χ3v) is 2.61. The number of rotatable bonds is 6. The van der Waals surface area contributed by atoms with Gasteiger partial charge >= 0.3 is 12.1 Å². The van der Waals surface area contributed by atoms with Gasteiger partial charge < -0.3 is 19.5 Å². The summed E-state index contributed by atoms with van der Waals surface area (Å²) in [4.78, 5) is 33.3. The number of esters is 1. The molecule has 0 aromatic heterocycles. The Morgan fingerprint density at radius 1 is 1.29 bits per heavy atom. The molecule has 9 heteroatoms. The Morgan fingerprint density at radius 2 is 1.96 bits per heavy atom. The molecule has 0 heterocycles. The summed E-state index contributed by atoms with van der Waals surface area (Å²) in [5.41, 5.74) is -0.790. The van der Waals surface area contributed by atoms with Crippen LogP contribution < -0.4 is 10.1 Å². The number of amides is 1. The number of non-ortho nitro benzene ring substituents is 1. The third kappa shape index (κ3) is 6.11. The minimum absolute atomic E-state index is 0.00189. The average molecular weight is 340 g/mol. The molecular formula is C15H20N2O7. The molecule has 1 N–H and O–H groups in total. The maximum Gasteiger partial charge on any atom is 0.407 e. The highest BCUT2D eigenvalue weighted by Crippen LogP contribution is 2.25. The summed E-state index contributed by atoms with van der Waals surface area (Å²) >= 11 is 0. The van der Waals surface area contributed by atoms with Crippen molar-refractivity contribution in [3.63, 3.8) is 0 Å². The molecule has 0 unspecified atom stereocenters. The maximum atomic E-state index is 11.7. The molecule has 0 atom stereocenters. The van der Waals surface area contributed by atoms with Crippen LogP contribution in [0.2, 0.25) is 0 Å². The first-order valence-corrected chi connectivity index (χ1v) is 7.10. The van der Waals surface area contributed by atoms with Crippen LogP contribution in [-0.4, -0.2) is 42.8 Å². The van der Waals surface area contributed by atoms with Crippen LogP contribution in [0.4, 0.5) is 10.5 Å². The van der Waals surface area contributed by atoms with E-state index in [4.69, 9.17) is 9.47 Å². The molecule has 1 aromatic carbocycles. The van der Waals surface area contributed by atoms with Crippen LogP contribution in [0, 0.1) is 10.1 Å². The number of hydrogen-bond acceptors (Lipinski definition) is 7. The van der Waals surface area contributed by atoms with Crippen LogP contribution in [0.5, 0.6) is 5.75 Å². The number of benzene rings is 1. The van der Waals surface area contributed by atoms with Gasteiger partial charge in [0.2, 0.25) is 0 Å². The van der Waals surface area contributed by atoms with Crippen molar-refractivity contribution in [1.82, 2.24) is 5.32 Å². The summed E-state index contributed by atoms with van der Waals surface area (Å²) < 4.78 is 15.0. The number of nitrogens with one attached hydrogen (secondary N) is 1. The Labute approximate surface area is 139 Å². The topological polar surface area (TPSA) is 117 Å². The first kappa shape index (κ1) is 19.2. The predicted octanol–water partition coefficient (Wildman–Crippen LogP) is 2.28. The molecule has 9 nitrogen and oxygen atoms in total. The number of nitro groups is 1. The predicted molar refractivity (Wildman–Crippen MR) is 84.2 cm³/mol. The number of carbonyl (C=O) groups excluding carboxylic acids is 2. The van der Waals surface area contributed by atoms with Crippen molar-refractivity contribution in [1.29, 1.82) is 0 Å². The molecule has 1 amide bonds. The van der Waals surface area contributed by atoms with E-state index < -0.39 is 22.6 Å². The van der Waals surface area contributed by atoms with E-state index in [0.717, 1.165) is 6.07 Å². The monoisotopic (exact) mass is 340 g/mol. The quantitative estimate of drug-likeness (QED) is 0.365. The zero-order valence-corrected chi connectivity index (χ0v) is 14.0. The highest BCUT2D eigenvalue weighted by Gasteiger charge is 2.18. The number of nitro benzene ring substituents is 1. The largest absolute Gasteiger partial charge is 0.491 e. The fourth-order valence-corrected chi connectivity index (χ4v) is 1.65. The Morgan fingerprint density at radius 3 is 2.50 bits per heavy atom. The van der Waals surface area contributed by atoms with E-state index in [1.54, 1.807) is 20.8 Å². The van der Waals surface area contributed by atoms with E-state index >= 15 is 0 Å². The minimum atomic E-state index is -0.681. The second-order valence-electron chi connectivity index (χ2n) is 5.71. The van der Waals surface area contributed by atoms with Crippen LogP contribution in [0.25, 0.3) is 0 Å². The lowest BCUT2D eigenvalue weighted by Gasteiger charge is -2.19. The van der Waals surface area contributed by atoms with Gasteiger partial charge in [0.15, 0.2) is 0 Å². The van der Waals surface area contributed by atoms with Gasteiger partial charge in [0, 0.05) is 6.07 Å². The van der Waals surface area contributed by atoms with Crippen LogP contribution in [0.1, 0.15) is 31.1 Å². The second kappa shape index (κ2) is 8.14. The Balaban J connectivity index is 2.68. The van der Waals surface area contributed by atoms with E-state index in [1.807, 2.05) is 0 Å². The number of methoxy groups -OCH3 is 1. The molecule has 0 saturated carbocycles. The number of nitrogens with zero attached hydrogens (tertiary/aromatic N) is 1. The average Bonchev–Trinajstić information content (AvgIpc) is 2.48. The molecule has 0 saturated heterocycles. The van der Waals surface area contributed by atoms with E-state index in [9.17, 15) is 19.7 Å². The van der Waals surface area contributed by atoms with Crippen LogP contribution in [-0.2, 0) is 9.47 Å². The van der Waals surface area contributed by atoms with E-state index in [2.05, 4.69) is 10.1 Å². The number of ether oxygens (including phenoxy) is 3. The van der Waals surface area contributed by atoms with E-state index in [0.29, 0.717) is 0 Å². The minimum Gasteiger partial charge on any atom is -0.491 e. The normalized spacial score (nSPS) is 10.7. The molecule has 0 spiro atoms. The van der Waals surface area contributed by atoms with Crippen molar-refractivity contribution in [3.05, 3.63) is 33.9 Å². The Hall–Kier alpha value is -2.84. The van der Waals surface area contributed by atoms with Gasteiger partial charge in [0.25, 0.3) is 5.69 Å². The fourth-order valence-electron chi connectivity index (χ4n) is 1.65.